The topological polar surface area (TPSA) is 164 Å². The van der Waals surface area contributed by atoms with E-state index in [1.54, 1.807) is 0 Å². The zero-order valence-corrected chi connectivity index (χ0v) is 43.6. The number of piperidine rings is 1. The van der Waals surface area contributed by atoms with E-state index in [0.29, 0.717) is 65.9 Å². The molecule has 0 saturated carbocycles. The first kappa shape index (κ1) is 49.3. The molecule has 1 unspecified atom stereocenters. The monoisotopic (exact) mass is 1020 g/mol. The quantitative estimate of drug-likeness (QED) is 0.0881. The Balaban J connectivity index is 0.749. The number of rotatable bonds is 12. The summed E-state index contributed by atoms with van der Waals surface area (Å²) in [6.45, 7) is 13.1. The Morgan fingerprint density at radius 3 is 2.39 bits per heavy atom. The van der Waals surface area contributed by atoms with Crippen molar-refractivity contribution in [1.29, 1.82) is 0 Å². The Kier molecular flexibility index (Phi) is 13.4. The van der Waals surface area contributed by atoms with Gasteiger partial charge in [0.1, 0.15) is 22.9 Å². The molecule has 2 saturated heterocycles. The summed E-state index contributed by atoms with van der Waals surface area (Å²) >= 11 is 1.44. The van der Waals surface area contributed by atoms with Gasteiger partial charge in [-0.05, 0) is 129 Å². The number of para-hydroxylation sites is 2. The molecular formula is C59H59N9O6S. The van der Waals surface area contributed by atoms with E-state index in [9.17, 15) is 19.2 Å². The van der Waals surface area contributed by atoms with E-state index in [0.717, 1.165) is 93.9 Å². The van der Waals surface area contributed by atoms with Gasteiger partial charge in [0.15, 0.2) is 10.8 Å². The summed E-state index contributed by atoms with van der Waals surface area (Å²) in [5.74, 6) is 0.295. The van der Waals surface area contributed by atoms with Crippen LogP contribution in [-0.4, -0.2) is 93.2 Å². The Bertz CT molecular complexity index is 3490. The van der Waals surface area contributed by atoms with Crippen molar-refractivity contribution in [1.82, 2.24) is 30.0 Å². The number of carbonyl (C=O) groups excluding carboxylic acids is 4. The summed E-state index contributed by atoms with van der Waals surface area (Å²) in [7, 11) is 1.93. The van der Waals surface area contributed by atoms with Crippen LogP contribution >= 0.6 is 11.3 Å². The number of piperazine rings is 1. The third-order valence-electron chi connectivity index (χ3n) is 14.4. The molecule has 3 aliphatic rings. The van der Waals surface area contributed by atoms with Gasteiger partial charge in [-0.3, -0.25) is 34.6 Å². The van der Waals surface area contributed by atoms with Crippen LogP contribution < -0.4 is 25.2 Å². The molecule has 382 valence electrons. The predicted octanol–water partition coefficient (Wildman–Crippen LogP) is 10.0. The summed E-state index contributed by atoms with van der Waals surface area (Å²) < 4.78 is 15.4. The normalized spacial score (nSPS) is 16.3. The maximum Gasteiger partial charge on any atom is 0.358 e. The fraction of sp³-hybridized carbons (Fsp3) is 0.305. The van der Waals surface area contributed by atoms with Crippen molar-refractivity contribution in [2.24, 2.45) is 7.05 Å². The molecule has 75 heavy (non-hydrogen) atoms. The summed E-state index contributed by atoms with van der Waals surface area (Å²) in [5.41, 5.74) is 9.23. The number of amides is 3. The minimum atomic E-state index is -0.756. The van der Waals surface area contributed by atoms with Crippen molar-refractivity contribution >= 4 is 72.8 Å². The lowest BCUT2D eigenvalue weighted by molar-refractivity contribution is -0.134. The second kappa shape index (κ2) is 20.4. The minimum Gasteiger partial charge on any atom is -0.457 e. The van der Waals surface area contributed by atoms with Gasteiger partial charge in [0.25, 0.3) is 5.91 Å². The number of hydrogen-bond acceptors (Lipinski definition) is 13. The molecule has 8 aromatic rings. The number of benzene rings is 5. The van der Waals surface area contributed by atoms with Gasteiger partial charge >= 0.3 is 5.97 Å². The number of esters is 1. The standard InChI is InChI=1S/C59H59N9O6S/c1-36-40(41-23-25-50(61-53(41)57(72)74-59(2,3)4)68-30-28-38-11-8-13-42(45(38)35-68)55(70)63-58-60-46-15-6-7-18-49(46)75-58)12-10-17-48(36)73-39-21-19-37(20-22-39)27-29-66-31-33-67(34-32-66)47-16-9-14-43-52(64-65(5)54(43)47)44-24-26-51(69)62-56(44)71/h6-23,25,44H,24,26-35H2,1-5H3,(H,60,63,70)(H,62,69,71). The third-order valence-corrected chi connectivity index (χ3v) is 15.4. The van der Waals surface area contributed by atoms with E-state index in [2.05, 4.69) is 54.6 Å². The molecule has 2 N–H and O–H groups in total. The molecule has 3 amide bonds. The first-order valence-electron chi connectivity index (χ1n) is 25.6. The number of nitrogens with one attached hydrogen (secondary N) is 2. The molecule has 0 aliphatic carbocycles. The van der Waals surface area contributed by atoms with E-state index in [1.165, 1.54) is 16.9 Å². The van der Waals surface area contributed by atoms with Crippen molar-refractivity contribution in [3.8, 4) is 22.6 Å². The molecule has 1 atom stereocenters. The highest BCUT2D eigenvalue weighted by Crippen LogP contribution is 2.38. The van der Waals surface area contributed by atoms with Crippen LogP contribution in [-0.2, 0) is 40.8 Å². The highest BCUT2D eigenvalue weighted by Gasteiger charge is 2.33. The highest BCUT2D eigenvalue weighted by atomic mass is 32.1. The van der Waals surface area contributed by atoms with Crippen LogP contribution in [0.1, 0.15) is 88.3 Å². The van der Waals surface area contributed by atoms with Gasteiger partial charge in [-0.1, -0.05) is 72.0 Å². The van der Waals surface area contributed by atoms with Crippen molar-refractivity contribution in [3.05, 3.63) is 154 Å². The molecule has 0 spiro atoms. The molecule has 3 aromatic heterocycles. The molecule has 0 radical (unpaired) electrons. The van der Waals surface area contributed by atoms with Crippen LogP contribution in [0.4, 0.5) is 16.6 Å². The number of nitrogens with zero attached hydrogens (tertiary/aromatic N) is 7. The lowest BCUT2D eigenvalue weighted by atomic mass is 9.92. The zero-order chi connectivity index (χ0) is 52.0. The fourth-order valence-electron chi connectivity index (χ4n) is 10.6. The second-order valence-electron chi connectivity index (χ2n) is 20.6. The Morgan fingerprint density at radius 2 is 1.60 bits per heavy atom. The Hall–Kier alpha value is -7.95. The van der Waals surface area contributed by atoms with Crippen LogP contribution in [0.3, 0.4) is 0 Å². The van der Waals surface area contributed by atoms with Gasteiger partial charge in [0.2, 0.25) is 11.8 Å². The second-order valence-corrected chi connectivity index (χ2v) is 21.6. The smallest absolute Gasteiger partial charge is 0.358 e. The average Bonchev–Trinajstić information content (AvgIpc) is 3.98. The number of ether oxygens (including phenoxy) is 2. The number of fused-ring (bicyclic) bond motifs is 3. The number of thiazole rings is 1. The van der Waals surface area contributed by atoms with Gasteiger partial charge in [-0.25, -0.2) is 14.8 Å². The molecule has 11 rings (SSSR count). The number of pyridine rings is 1. The largest absolute Gasteiger partial charge is 0.457 e. The molecular weight excluding hydrogens is 963 g/mol. The summed E-state index contributed by atoms with van der Waals surface area (Å²) in [4.78, 5) is 69.2. The van der Waals surface area contributed by atoms with Crippen molar-refractivity contribution in [2.45, 2.75) is 71.4 Å². The van der Waals surface area contributed by atoms with Crippen molar-refractivity contribution in [3.63, 3.8) is 0 Å². The number of carbonyl (C=O) groups is 4. The number of aromatic nitrogens is 4. The van der Waals surface area contributed by atoms with Gasteiger partial charge in [0.05, 0.1) is 33.0 Å². The lowest BCUT2D eigenvalue weighted by Crippen LogP contribution is -2.47. The van der Waals surface area contributed by atoms with E-state index in [4.69, 9.17) is 19.6 Å². The third kappa shape index (κ3) is 10.3. The molecule has 2 fully saturated rings. The molecule has 0 bridgehead atoms. The maximum atomic E-state index is 14.1. The molecule has 16 heteroatoms. The number of hydrogen-bond donors (Lipinski definition) is 2. The number of aryl methyl sites for hydroxylation is 1. The Labute approximate surface area is 439 Å². The first-order valence-corrected chi connectivity index (χ1v) is 26.4. The van der Waals surface area contributed by atoms with Gasteiger partial charge in [-0.2, -0.15) is 5.10 Å². The lowest BCUT2D eigenvalue weighted by Gasteiger charge is -2.36. The summed E-state index contributed by atoms with van der Waals surface area (Å²) in [5, 5.41) is 11.8. The van der Waals surface area contributed by atoms with Crippen LogP contribution in [0, 0.1) is 6.92 Å². The van der Waals surface area contributed by atoms with Crippen molar-refractivity contribution < 1.29 is 28.7 Å². The van der Waals surface area contributed by atoms with Gasteiger partial charge < -0.3 is 19.3 Å². The fourth-order valence-corrected chi connectivity index (χ4v) is 11.4. The maximum absolute atomic E-state index is 14.1. The molecule has 6 heterocycles. The van der Waals surface area contributed by atoms with E-state index < -0.39 is 17.5 Å². The van der Waals surface area contributed by atoms with Crippen LogP contribution in [0.25, 0.3) is 32.2 Å². The minimum absolute atomic E-state index is 0.201. The SMILES string of the molecule is Cc1c(Oc2ccc(CCN3CCN(c4cccc5c(C6CCC(=O)NC6=O)nn(C)c45)CC3)cc2)cccc1-c1ccc(N2CCc3cccc(C(=O)Nc4nc5ccccc5s4)c3C2)nc1C(=O)OC(C)(C)C. The molecule has 3 aliphatic heterocycles. The van der Waals surface area contributed by atoms with E-state index >= 15 is 0 Å². The predicted molar refractivity (Wildman–Crippen MR) is 293 cm³/mol. The van der Waals surface area contributed by atoms with Crippen LogP contribution in [0.15, 0.2) is 115 Å². The molecule has 15 nitrogen and oxygen atoms in total. The summed E-state index contributed by atoms with van der Waals surface area (Å²) in [6.07, 6.45) is 2.38. The zero-order valence-electron chi connectivity index (χ0n) is 42.8. The summed E-state index contributed by atoms with van der Waals surface area (Å²) in [6, 6.07) is 37.8. The van der Waals surface area contributed by atoms with Crippen molar-refractivity contribution in [2.75, 3.05) is 54.4 Å². The number of anilines is 3. The first-order chi connectivity index (χ1) is 36.2. The highest BCUT2D eigenvalue weighted by molar-refractivity contribution is 7.22. The van der Waals surface area contributed by atoms with E-state index in [1.807, 2.05) is 130 Å². The average molecular weight is 1020 g/mol. The van der Waals surface area contributed by atoms with Crippen LogP contribution in [0.5, 0.6) is 11.5 Å². The van der Waals surface area contributed by atoms with Crippen LogP contribution in [0.2, 0.25) is 0 Å². The molecule has 5 aromatic carbocycles. The number of imide groups is 1. The van der Waals surface area contributed by atoms with E-state index in [-0.39, 0.29) is 23.4 Å². The van der Waals surface area contributed by atoms with Gasteiger partial charge in [-0.15, -0.1) is 0 Å². The van der Waals surface area contributed by atoms with Gasteiger partial charge in [0, 0.05) is 75.8 Å². The Morgan fingerprint density at radius 1 is 0.813 bits per heavy atom.